The Morgan fingerprint density at radius 2 is 1.79 bits per heavy atom. The van der Waals surface area contributed by atoms with Gasteiger partial charge in [0.25, 0.3) is 11.5 Å². The maximum atomic E-state index is 12.9. The lowest BCUT2D eigenvalue weighted by atomic mass is 10.1. The van der Waals surface area contributed by atoms with Gasteiger partial charge in [0.2, 0.25) is 0 Å². The van der Waals surface area contributed by atoms with Gasteiger partial charge in [-0.1, -0.05) is 54.1 Å². The lowest BCUT2D eigenvalue weighted by Crippen LogP contribution is -2.27. The maximum Gasteiger partial charge on any atom is 0.264 e. The number of hydrogen-bond acceptors (Lipinski definition) is 4. The molecule has 0 aliphatic rings. The minimum atomic E-state index is -0.165. The molecule has 0 spiro atoms. The van der Waals surface area contributed by atoms with Crippen molar-refractivity contribution >= 4 is 39.3 Å². The predicted octanol–water partition coefficient (Wildman–Crippen LogP) is 3.88. The Bertz CT molecular complexity index is 1520. The van der Waals surface area contributed by atoms with Gasteiger partial charge in [-0.05, 0) is 40.6 Å². The normalized spacial score (nSPS) is 11.2. The number of fused-ring (bicyclic) bond motifs is 2. The topological polar surface area (TPSA) is 81.8 Å². The summed E-state index contributed by atoms with van der Waals surface area (Å²) in [7, 11) is 0. The molecule has 0 bridgehead atoms. The predicted molar refractivity (Wildman–Crippen MR) is 129 cm³/mol. The van der Waals surface area contributed by atoms with E-state index in [-0.39, 0.29) is 11.5 Å². The van der Waals surface area contributed by atoms with Gasteiger partial charge in [-0.15, -0.1) is 0 Å². The van der Waals surface area contributed by atoms with Crippen LogP contribution in [0.4, 0.5) is 0 Å². The first-order valence-electron chi connectivity index (χ1n) is 10.5. The quantitative estimate of drug-likeness (QED) is 0.419. The number of carbonyl (C=O) groups is 1. The summed E-state index contributed by atoms with van der Waals surface area (Å²) < 4.78 is 3.17. The highest BCUT2D eigenvalue weighted by Crippen LogP contribution is 2.15. The fourth-order valence-corrected chi connectivity index (χ4v) is 3.89. The van der Waals surface area contributed by atoms with Crippen LogP contribution in [0.25, 0.3) is 21.8 Å². The summed E-state index contributed by atoms with van der Waals surface area (Å²) in [6, 6.07) is 20.9. The standard InChI is InChI=1S/C25H20ClN5O2/c26-21-9-5-17(6-10-21)15-30-16-28-23-22(25(30)33)14-29-31(23)12-11-27-24(32)20-8-7-18-3-1-2-4-19(18)13-20/h1-10,13-14,16H,11-12,15H2,(H,27,32). The second kappa shape index (κ2) is 8.88. The van der Waals surface area contributed by atoms with Crippen LogP contribution in [0.5, 0.6) is 0 Å². The maximum absolute atomic E-state index is 12.9. The monoisotopic (exact) mass is 457 g/mol. The van der Waals surface area contributed by atoms with Crippen LogP contribution in [-0.4, -0.2) is 31.8 Å². The Labute approximate surface area is 194 Å². The second-order valence-corrected chi connectivity index (χ2v) is 8.16. The molecule has 5 aromatic rings. The summed E-state index contributed by atoms with van der Waals surface area (Å²) in [4.78, 5) is 29.8. The minimum absolute atomic E-state index is 0.157. The Hall–Kier alpha value is -3.97. The van der Waals surface area contributed by atoms with E-state index in [1.165, 1.54) is 12.5 Å². The fourth-order valence-electron chi connectivity index (χ4n) is 3.77. The number of halogens is 1. The molecular formula is C25H20ClN5O2. The Morgan fingerprint density at radius 1 is 1.00 bits per heavy atom. The average molecular weight is 458 g/mol. The SMILES string of the molecule is O=C(NCCn1ncc2c(=O)n(Cc3ccc(Cl)cc3)cnc21)c1ccc2ccccc2c1. The van der Waals surface area contributed by atoms with Gasteiger partial charge in [0.1, 0.15) is 11.7 Å². The number of nitrogens with zero attached hydrogens (tertiary/aromatic N) is 4. The molecule has 0 saturated carbocycles. The van der Waals surface area contributed by atoms with E-state index in [4.69, 9.17) is 11.6 Å². The summed E-state index contributed by atoms with van der Waals surface area (Å²) in [6.45, 7) is 1.15. The molecular weight excluding hydrogens is 438 g/mol. The van der Waals surface area contributed by atoms with Gasteiger partial charge in [-0.2, -0.15) is 5.10 Å². The van der Waals surface area contributed by atoms with Crippen molar-refractivity contribution in [2.75, 3.05) is 6.54 Å². The summed E-state index contributed by atoms with van der Waals surface area (Å²) >= 11 is 5.93. The number of benzene rings is 3. The molecule has 1 amide bonds. The first kappa shape index (κ1) is 20.9. The van der Waals surface area contributed by atoms with Crippen molar-refractivity contribution in [3.63, 3.8) is 0 Å². The highest BCUT2D eigenvalue weighted by Gasteiger charge is 2.11. The van der Waals surface area contributed by atoms with Gasteiger partial charge < -0.3 is 5.32 Å². The third kappa shape index (κ3) is 4.36. The number of carbonyl (C=O) groups excluding carboxylic acids is 1. The van der Waals surface area contributed by atoms with E-state index in [0.717, 1.165) is 16.3 Å². The highest BCUT2D eigenvalue weighted by molar-refractivity contribution is 6.30. The van der Waals surface area contributed by atoms with E-state index in [0.29, 0.717) is 41.3 Å². The summed E-state index contributed by atoms with van der Waals surface area (Å²) in [5.74, 6) is -0.157. The van der Waals surface area contributed by atoms with Crippen LogP contribution >= 0.6 is 11.6 Å². The Morgan fingerprint density at radius 3 is 2.61 bits per heavy atom. The van der Waals surface area contributed by atoms with Crippen LogP contribution < -0.4 is 10.9 Å². The zero-order chi connectivity index (χ0) is 22.8. The van der Waals surface area contributed by atoms with Gasteiger partial charge in [-0.25, -0.2) is 9.67 Å². The van der Waals surface area contributed by atoms with E-state index >= 15 is 0 Å². The molecule has 2 aromatic heterocycles. The molecule has 0 saturated heterocycles. The molecule has 0 radical (unpaired) electrons. The molecule has 2 heterocycles. The van der Waals surface area contributed by atoms with Crippen LogP contribution in [0.15, 0.2) is 84.0 Å². The molecule has 0 unspecified atom stereocenters. The van der Waals surface area contributed by atoms with Crippen molar-refractivity contribution in [2.45, 2.75) is 13.1 Å². The lowest BCUT2D eigenvalue weighted by Gasteiger charge is -2.08. The summed E-state index contributed by atoms with van der Waals surface area (Å²) in [5.41, 5.74) is 1.88. The van der Waals surface area contributed by atoms with Gasteiger partial charge in [0, 0.05) is 17.1 Å². The molecule has 0 atom stereocenters. The van der Waals surface area contributed by atoms with E-state index in [1.54, 1.807) is 21.4 Å². The van der Waals surface area contributed by atoms with E-state index in [2.05, 4.69) is 15.4 Å². The molecule has 0 fully saturated rings. The third-order valence-electron chi connectivity index (χ3n) is 5.51. The minimum Gasteiger partial charge on any atom is -0.350 e. The number of hydrogen-bond donors (Lipinski definition) is 1. The Balaban J connectivity index is 1.27. The molecule has 3 aromatic carbocycles. The zero-order valence-electron chi connectivity index (χ0n) is 17.6. The highest BCUT2D eigenvalue weighted by atomic mass is 35.5. The molecule has 33 heavy (non-hydrogen) atoms. The van der Waals surface area contributed by atoms with Crippen molar-refractivity contribution in [2.24, 2.45) is 0 Å². The largest absolute Gasteiger partial charge is 0.350 e. The van der Waals surface area contributed by atoms with Crippen molar-refractivity contribution in [1.29, 1.82) is 0 Å². The van der Waals surface area contributed by atoms with Gasteiger partial charge in [0.15, 0.2) is 5.65 Å². The first-order chi connectivity index (χ1) is 16.1. The number of rotatable bonds is 6. The van der Waals surface area contributed by atoms with Crippen molar-refractivity contribution < 1.29 is 4.79 Å². The molecule has 0 aliphatic carbocycles. The Kier molecular flexibility index (Phi) is 5.62. The third-order valence-corrected chi connectivity index (χ3v) is 5.76. The zero-order valence-corrected chi connectivity index (χ0v) is 18.4. The molecule has 1 N–H and O–H groups in total. The van der Waals surface area contributed by atoms with E-state index in [9.17, 15) is 9.59 Å². The van der Waals surface area contributed by atoms with E-state index < -0.39 is 0 Å². The van der Waals surface area contributed by atoms with Crippen molar-refractivity contribution in [3.05, 3.63) is 106 Å². The van der Waals surface area contributed by atoms with Gasteiger partial charge in [-0.3, -0.25) is 14.2 Å². The number of amides is 1. The van der Waals surface area contributed by atoms with E-state index in [1.807, 2.05) is 54.6 Å². The fraction of sp³-hybridized carbons (Fsp3) is 0.120. The molecule has 8 heteroatoms. The van der Waals surface area contributed by atoms with Crippen molar-refractivity contribution in [3.8, 4) is 0 Å². The smallest absolute Gasteiger partial charge is 0.264 e. The van der Waals surface area contributed by atoms with Crippen LogP contribution in [0.3, 0.4) is 0 Å². The van der Waals surface area contributed by atoms with Gasteiger partial charge >= 0.3 is 0 Å². The lowest BCUT2D eigenvalue weighted by molar-refractivity contribution is 0.0952. The van der Waals surface area contributed by atoms with Crippen LogP contribution in [0, 0.1) is 0 Å². The molecule has 164 valence electrons. The second-order valence-electron chi connectivity index (χ2n) is 7.73. The molecule has 5 rings (SSSR count). The summed E-state index contributed by atoms with van der Waals surface area (Å²) in [6.07, 6.45) is 3.04. The van der Waals surface area contributed by atoms with Crippen LogP contribution in [-0.2, 0) is 13.1 Å². The van der Waals surface area contributed by atoms with Crippen LogP contribution in [0.1, 0.15) is 15.9 Å². The van der Waals surface area contributed by atoms with Crippen molar-refractivity contribution in [1.82, 2.24) is 24.6 Å². The molecule has 7 nitrogen and oxygen atoms in total. The summed E-state index contributed by atoms with van der Waals surface area (Å²) in [5, 5.41) is 10.4. The number of aromatic nitrogens is 4. The number of nitrogens with one attached hydrogen (secondary N) is 1. The average Bonchev–Trinajstić information content (AvgIpc) is 3.25. The first-order valence-corrected chi connectivity index (χ1v) is 10.9. The van der Waals surface area contributed by atoms with Crippen LogP contribution in [0.2, 0.25) is 5.02 Å². The van der Waals surface area contributed by atoms with Gasteiger partial charge in [0.05, 0.1) is 19.3 Å². The molecule has 0 aliphatic heterocycles.